The second kappa shape index (κ2) is 5.83. The van der Waals surface area contributed by atoms with Crippen LogP contribution in [0, 0.1) is 0 Å². The second-order valence-corrected chi connectivity index (χ2v) is 4.57. The molecule has 10 heteroatoms. The van der Waals surface area contributed by atoms with Crippen LogP contribution >= 0.6 is 0 Å². The van der Waals surface area contributed by atoms with Crippen molar-refractivity contribution in [2.45, 2.75) is 0 Å². The summed E-state index contributed by atoms with van der Waals surface area (Å²) in [6.45, 7) is 0. The quantitative estimate of drug-likeness (QED) is 0.767. The van der Waals surface area contributed by atoms with Crippen molar-refractivity contribution in [2.75, 3.05) is 7.11 Å². The van der Waals surface area contributed by atoms with E-state index in [1.54, 1.807) is 24.3 Å². The van der Waals surface area contributed by atoms with Gasteiger partial charge < -0.3 is 14.3 Å². The van der Waals surface area contributed by atoms with Gasteiger partial charge in [-0.3, -0.25) is 0 Å². The maximum atomic E-state index is 11.8. The highest BCUT2D eigenvalue weighted by Gasteiger charge is 2.29. The maximum Gasteiger partial charge on any atom is 0.451 e. The highest BCUT2D eigenvalue weighted by atomic mass is 16.6. The van der Waals surface area contributed by atoms with Crippen LogP contribution < -0.4 is 11.2 Å². The largest absolute Gasteiger partial charge is 0.476 e. The van der Waals surface area contributed by atoms with E-state index in [9.17, 15) is 19.5 Å². The lowest BCUT2D eigenvalue weighted by molar-refractivity contribution is -0.129. The number of carboxylic acid groups (broad SMARTS) is 1. The minimum atomic E-state index is -1.39. The van der Waals surface area contributed by atoms with Crippen LogP contribution in [0.15, 0.2) is 49.7 Å². The van der Waals surface area contributed by atoms with Crippen molar-refractivity contribution in [1.82, 2.24) is 10.7 Å². The number of hydrogen-bond acceptors (Lipinski definition) is 8. The number of hydrogen-bond donors (Lipinski definition) is 2. The molecule has 2 N–H and O–H groups in total. The number of hydrazine groups is 1. The molecule has 1 amide bonds. The van der Waals surface area contributed by atoms with Crippen molar-refractivity contribution in [3.05, 3.63) is 46.3 Å². The lowest BCUT2D eigenvalue weighted by Gasteiger charge is -2.21. The minimum Gasteiger partial charge on any atom is -0.476 e. The SMILES string of the molecule is COC(=O)N1N=C(c2cc(=O)oc3ccccc23)C(C(=O)O)=NN1. The lowest BCUT2D eigenvalue weighted by atomic mass is 10.0. The fraction of sp³-hybridized carbons (Fsp3) is 0.0714. The lowest BCUT2D eigenvalue weighted by Crippen LogP contribution is -2.44. The van der Waals surface area contributed by atoms with Crippen molar-refractivity contribution in [2.24, 2.45) is 10.2 Å². The molecule has 122 valence electrons. The first kappa shape index (κ1) is 15.2. The number of ether oxygens (including phenoxy) is 1. The van der Waals surface area contributed by atoms with Crippen LogP contribution in [0.1, 0.15) is 5.56 Å². The smallest absolute Gasteiger partial charge is 0.451 e. The molecule has 0 atom stereocenters. The van der Waals surface area contributed by atoms with E-state index in [0.29, 0.717) is 10.5 Å². The molecule has 1 aliphatic rings. The normalized spacial score (nSPS) is 13.8. The summed E-state index contributed by atoms with van der Waals surface area (Å²) in [6, 6.07) is 7.60. The highest BCUT2D eigenvalue weighted by molar-refractivity contribution is 6.69. The molecule has 24 heavy (non-hydrogen) atoms. The first-order chi connectivity index (χ1) is 11.5. The van der Waals surface area contributed by atoms with E-state index >= 15 is 0 Å². The van der Waals surface area contributed by atoms with Gasteiger partial charge in [0.15, 0.2) is 5.71 Å². The van der Waals surface area contributed by atoms with Gasteiger partial charge in [0.05, 0.1) is 7.11 Å². The number of methoxy groups -OCH3 is 1. The van der Waals surface area contributed by atoms with Gasteiger partial charge in [-0.2, -0.15) is 5.53 Å². The van der Waals surface area contributed by atoms with Gasteiger partial charge in [-0.05, 0) is 6.07 Å². The van der Waals surface area contributed by atoms with Crippen LogP contribution in [0.5, 0.6) is 0 Å². The number of hydrazone groups is 2. The fourth-order valence-corrected chi connectivity index (χ4v) is 2.13. The Morgan fingerprint density at radius 3 is 2.79 bits per heavy atom. The van der Waals surface area contributed by atoms with Crippen molar-refractivity contribution < 1.29 is 23.8 Å². The summed E-state index contributed by atoms with van der Waals surface area (Å²) in [4.78, 5) is 34.8. The number of amides is 1. The predicted octanol–water partition coefficient (Wildman–Crippen LogP) is 0.524. The van der Waals surface area contributed by atoms with E-state index < -0.39 is 23.4 Å². The van der Waals surface area contributed by atoms with E-state index in [-0.39, 0.29) is 16.9 Å². The maximum absolute atomic E-state index is 11.8. The summed E-state index contributed by atoms with van der Waals surface area (Å²) >= 11 is 0. The Labute approximate surface area is 133 Å². The summed E-state index contributed by atoms with van der Waals surface area (Å²) in [5.74, 6) is -1.39. The van der Waals surface area contributed by atoms with Crippen molar-refractivity contribution in [3.63, 3.8) is 0 Å². The van der Waals surface area contributed by atoms with Crippen molar-refractivity contribution in [1.29, 1.82) is 0 Å². The van der Waals surface area contributed by atoms with Crippen molar-refractivity contribution in [3.8, 4) is 0 Å². The van der Waals surface area contributed by atoms with Crippen LogP contribution in [-0.4, -0.2) is 40.8 Å². The molecule has 10 nitrogen and oxygen atoms in total. The monoisotopic (exact) mass is 330 g/mol. The summed E-state index contributed by atoms with van der Waals surface area (Å²) in [6.07, 6.45) is -0.909. The Morgan fingerprint density at radius 1 is 1.33 bits per heavy atom. The number of nitrogens with one attached hydrogen (secondary N) is 1. The van der Waals surface area contributed by atoms with Gasteiger partial charge in [-0.15, -0.1) is 10.2 Å². The van der Waals surface area contributed by atoms with E-state index in [1.165, 1.54) is 0 Å². The molecule has 0 aliphatic carbocycles. The fourth-order valence-electron chi connectivity index (χ4n) is 2.13. The first-order valence-electron chi connectivity index (χ1n) is 6.58. The molecule has 0 saturated heterocycles. The molecule has 0 bridgehead atoms. The summed E-state index contributed by atoms with van der Waals surface area (Å²) in [7, 11) is 1.13. The molecular formula is C14H10N4O6. The average Bonchev–Trinajstić information content (AvgIpc) is 2.59. The zero-order valence-corrected chi connectivity index (χ0v) is 12.2. The van der Waals surface area contributed by atoms with Gasteiger partial charge in [0, 0.05) is 17.0 Å². The number of rotatable bonds is 2. The van der Waals surface area contributed by atoms with Crippen LogP contribution in [0.3, 0.4) is 0 Å². The number of carboxylic acids is 1. The number of carbonyl (C=O) groups excluding carboxylic acids is 1. The molecular weight excluding hydrogens is 320 g/mol. The molecule has 3 rings (SSSR count). The highest BCUT2D eigenvalue weighted by Crippen LogP contribution is 2.19. The predicted molar refractivity (Wildman–Crippen MR) is 81.5 cm³/mol. The van der Waals surface area contributed by atoms with Gasteiger partial charge in [-0.25, -0.2) is 14.4 Å². The molecule has 0 fully saturated rings. The Bertz CT molecular complexity index is 961. The summed E-state index contributed by atoms with van der Waals surface area (Å²) in [5.41, 5.74) is 1.21. The van der Waals surface area contributed by atoms with E-state index in [0.717, 1.165) is 13.2 Å². The third-order valence-corrected chi connectivity index (χ3v) is 3.14. The van der Waals surface area contributed by atoms with Crippen LogP contribution in [0.2, 0.25) is 0 Å². The Balaban J connectivity index is 2.25. The van der Waals surface area contributed by atoms with Gasteiger partial charge in [0.1, 0.15) is 11.3 Å². The summed E-state index contributed by atoms with van der Waals surface area (Å²) < 4.78 is 9.57. The molecule has 1 aromatic heterocycles. The van der Waals surface area contributed by atoms with E-state index in [4.69, 9.17) is 4.42 Å². The Kier molecular flexibility index (Phi) is 3.70. The molecule has 0 saturated carbocycles. The first-order valence-corrected chi connectivity index (χ1v) is 6.58. The number of fused-ring (bicyclic) bond motifs is 1. The number of para-hydroxylation sites is 1. The third kappa shape index (κ3) is 2.56. The molecule has 2 heterocycles. The molecule has 1 aliphatic heterocycles. The number of nitrogens with zero attached hydrogens (tertiary/aromatic N) is 3. The zero-order chi connectivity index (χ0) is 17.3. The molecule has 0 spiro atoms. The van der Waals surface area contributed by atoms with Gasteiger partial charge in [-0.1, -0.05) is 23.3 Å². The standard InChI is InChI=1S/C14H10N4O6/c1-23-14(22)18-16-11(12(13(20)21)15-17-18)8-6-10(19)24-9-5-3-2-4-7(8)9/h2-6,17H,1H3,(H,20,21). The molecule has 1 aromatic carbocycles. The van der Waals surface area contributed by atoms with Crippen LogP contribution in [-0.2, 0) is 9.53 Å². The van der Waals surface area contributed by atoms with Gasteiger partial charge in [0.25, 0.3) is 0 Å². The van der Waals surface area contributed by atoms with Gasteiger partial charge >= 0.3 is 17.7 Å². The topological polar surface area (TPSA) is 134 Å². The molecule has 0 radical (unpaired) electrons. The van der Waals surface area contributed by atoms with Gasteiger partial charge in [0.2, 0.25) is 0 Å². The van der Waals surface area contributed by atoms with E-state index in [2.05, 4.69) is 20.5 Å². The molecule has 2 aromatic rings. The summed E-state index contributed by atoms with van der Waals surface area (Å²) in [5, 5.41) is 17.9. The molecule has 0 unspecified atom stereocenters. The second-order valence-electron chi connectivity index (χ2n) is 4.57. The number of aliphatic carboxylic acids is 1. The van der Waals surface area contributed by atoms with Crippen LogP contribution in [0.25, 0.3) is 11.0 Å². The number of benzene rings is 1. The van der Waals surface area contributed by atoms with E-state index in [1.807, 2.05) is 0 Å². The Hall–Kier alpha value is -3.69. The average molecular weight is 330 g/mol. The zero-order valence-electron chi connectivity index (χ0n) is 12.2. The minimum absolute atomic E-state index is 0.165. The number of carbonyl (C=O) groups is 2. The Morgan fingerprint density at radius 2 is 2.08 bits per heavy atom. The third-order valence-electron chi connectivity index (χ3n) is 3.14. The van der Waals surface area contributed by atoms with Crippen molar-refractivity contribution >= 4 is 34.5 Å². The van der Waals surface area contributed by atoms with Crippen LogP contribution in [0.4, 0.5) is 4.79 Å².